The highest BCUT2D eigenvalue weighted by Gasteiger charge is 2.35. The van der Waals surface area contributed by atoms with Crippen LogP contribution in [0.15, 0.2) is 18.2 Å². The number of hydrogen-bond acceptors (Lipinski definition) is 4. The molecule has 0 saturated carbocycles. The van der Waals surface area contributed by atoms with Crippen molar-refractivity contribution < 1.29 is 9.72 Å². The molecule has 21 heavy (non-hydrogen) atoms. The smallest absolute Gasteiger partial charge is 0.282 e. The van der Waals surface area contributed by atoms with E-state index in [1.54, 1.807) is 4.90 Å². The molecule has 1 amide bonds. The van der Waals surface area contributed by atoms with Gasteiger partial charge in [0.2, 0.25) is 0 Å². The molecule has 0 unspecified atom stereocenters. The van der Waals surface area contributed by atoms with Gasteiger partial charge in [0.1, 0.15) is 5.56 Å². The molecule has 1 aliphatic rings. The Kier molecular flexibility index (Phi) is 4.20. The van der Waals surface area contributed by atoms with E-state index in [1.807, 2.05) is 20.9 Å². The fraction of sp³-hybridized carbons (Fsp3) is 0.500. The van der Waals surface area contributed by atoms with Crippen LogP contribution in [0.4, 0.5) is 5.69 Å². The van der Waals surface area contributed by atoms with Crippen LogP contribution in [0.25, 0.3) is 0 Å². The lowest BCUT2D eigenvalue weighted by Gasteiger charge is -2.45. The third kappa shape index (κ3) is 3.16. The number of halogens is 1. The van der Waals surface area contributed by atoms with Gasteiger partial charge in [-0.1, -0.05) is 11.6 Å². The zero-order chi connectivity index (χ0) is 15.8. The second kappa shape index (κ2) is 5.61. The minimum Gasteiger partial charge on any atom is -0.335 e. The average molecular weight is 312 g/mol. The first kappa shape index (κ1) is 15.7. The van der Waals surface area contributed by atoms with Gasteiger partial charge >= 0.3 is 0 Å². The maximum Gasteiger partial charge on any atom is 0.282 e. The van der Waals surface area contributed by atoms with Crippen molar-refractivity contribution in [3.63, 3.8) is 0 Å². The molecule has 0 bridgehead atoms. The molecule has 7 heteroatoms. The molecule has 0 spiro atoms. The number of likely N-dealkylation sites (N-methyl/N-ethyl adjacent to an activating group) is 1. The second-order valence-electron chi connectivity index (χ2n) is 5.88. The molecule has 0 radical (unpaired) electrons. The molecule has 1 saturated heterocycles. The van der Waals surface area contributed by atoms with Crippen LogP contribution in [0, 0.1) is 10.1 Å². The van der Waals surface area contributed by atoms with E-state index in [2.05, 4.69) is 4.90 Å². The predicted octanol–water partition coefficient (Wildman–Crippen LogP) is 2.41. The number of benzene rings is 1. The molecule has 1 aliphatic heterocycles. The first-order chi connectivity index (χ1) is 9.72. The summed E-state index contributed by atoms with van der Waals surface area (Å²) in [5, 5.41) is 11.4. The van der Waals surface area contributed by atoms with Crippen molar-refractivity contribution in [3.05, 3.63) is 38.9 Å². The van der Waals surface area contributed by atoms with E-state index in [1.165, 1.54) is 18.2 Å². The molecule has 1 fully saturated rings. The molecule has 6 nitrogen and oxygen atoms in total. The molecule has 0 atom stereocenters. The lowest BCUT2D eigenvalue weighted by molar-refractivity contribution is -0.385. The monoisotopic (exact) mass is 311 g/mol. The van der Waals surface area contributed by atoms with E-state index in [0.29, 0.717) is 18.1 Å². The predicted molar refractivity (Wildman–Crippen MR) is 80.7 cm³/mol. The average Bonchev–Trinajstić information content (AvgIpc) is 2.40. The van der Waals surface area contributed by atoms with Crippen LogP contribution < -0.4 is 0 Å². The summed E-state index contributed by atoms with van der Waals surface area (Å²) in [7, 11) is 2.00. The highest BCUT2D eigenvalue weighted by atomic mass is 35.5. The Bertz CT molecular complexity index is 589. The van der Waals surface area contributed by atoms with Crippen LogP contribution in [-0.2, 0) is 0 Å². The number of hydrogen-bond donors (Lipinski definition) is 0. The third-order valence-electron chi connectivity index (χ3n) is 3.99. The summed E-state index contributed by atoms with van der Waals surface area (Å²) in [5.74, 6) is -0.342. The topological polar surface area (TPSA) is 66.7 Å². The fourth-order valence-electron chi connectivity index (χ4n) is 2.42. The molecule has 1 heterocycles. The van der Waals surface area contributed by atoms with Gasteiger partial charge in [0, 0.05) is 36.3 Å². The zero-order valence-corrected chi connectivity index (χ0v) is 13.1. The van der Waals surface area contributed by atoms with E-state index in [9.17, 15) is 14.9 Å². The Morgan fingerprint density at radius 3 is 2.62 bits per heavy atom. The number of nitro groups is 1. The minimum absolute atomic E-state index is 0.0489. The van der Waals surface area contributed by atoms with Gasteiger partial charge in [-0.05, 0) is 33.0 Å². The number of carbonyl (C=O) groups is 1. The highest BCUT2D eigenvalue weighted by Crippen LogP contribution is 2.26. The first-order valence-electron chi connectivity index (χ1n) is 6.67. The number of amides is 1. The van der Waals surface area contributed by atoms with E-state index in [4.69, 9.17) is 11.6 Å². The van der Waals surface area contributed by atoms with Gasteiger partial charge in [-0.2, -0.15) is 0 Å². The van der Waals surface area contributed by atoms with Crippen LogP contribution in [0.2, 0.25) is 5.02 Å². The maximum atomic E-state index is 12.6. The summed E-state index contributed by atoms with van der Waals surface area (Å²) in [5.41, 5.74) is -0.324. The van der Waals surface area contributed by atoms with E-state index in [-0.39, 0.29) is 22.7 Å². The van der Waals surface area contributed by atoms with Crippen LogP contribution in [0.5, 0.6) is 0 Å². The van der Waals surface area contributed by atoms with Crippen molar-refractivity contribution in [1.82, 2.24) is 9.80 Å². The SMILES string of the molecule is CN1CCN(C(=O)c2cc(Cl)ccc2[N+](=O)[O-])CC1(C)C. The lowest BCUT2D eigenvalue weighted by atomic mass is 9.99. The molecule has 0 N–H and O–H groups in total. The Morgan fingerprint density at radius 1 is 1.38 bits per heavy atom. The Labute approximate surface area is 128 Å². The van der Waals surface area contributed by atoms with Crippen molar-refractivity contribution in [2.45, 2.75) is 19.4 Å². The summed E-state index contributed by atoms with van der Waals surface area (Å²) in [6.45, 7) is 5.87. The Balaban J connectivity index is 2.32. The van der Waals surface area contributed by atoms with Crippen molar-refractivity contribution in [2.75, 3.05) is 26.7 Å². The summed E-state index contributed by atoms with van der Waals surface area (Å²) < 4.78 is 0. The first-order valence-corrected chi connectivity index (χ1v) is 7.04. The maximum absolute atomic E-state index is 12.6. The number of nitro benzene ring substituents is 1. The molecule has 2 rings (SSSR count). The molecule has 114 valence electrons. The number of rotatable bonds is 2. The van der Waals surface area contributed by atoms with Gasteiger partial charge in [-0.15, -0.1) is 0 Å². The van der Waals surface area contributed by atoms with Crippen LogP contribution >= 0.6 is 11.6 Å². The molecule has 1 aromatic rings. The van der Waals surface area contributed by atoms with Crippen molar-refractivity contribution in [1.29, 1.82) is 0 Å². The van der Waals surface area contributed by atoms with Gasteiger partial charge in [-0.25, -0.2) is 0 Å². The van der Waals surface area contributed by atoms with Gasteiger partial charge in [0.05, 0.1) is 4.92 Å². The fourth-order valence-corrected chi connectivity index (χ4v) is 2.59. The van der Waals surface area contributed by atoms with E-state index in [0.717, 1.165) is 6.54 Å². The Hall–Kier alpha value is -1.66. The number of piperazine rings is 1. The van der Waals surface area contributed by atoms with Crippen LogP contribution in [-0.4, -0.2) is 52.9 Å². The van der Waals surface area contributed by atoms with Crippen LogP contribution in [0.3, 0.4) is 0 Å². The van der Waals surface area contributed by atoms with E-state index >= 15 is 0 Å². The van der Waals surface area contributed by atoms with Gasteiger partial charge in [0.15, 0.2) is 0 Å². The summed E-state index contributed by atoms with van der Waals surface area (Å²) >= 11 is 5.88. The Morgan fingerprint density at radius 2 is 2.05 bits per heavy atom. The normalized spacial score (nSPS) is 18.6. The number of nitrogens with zero attached hydrogens (tertiary/aromatic N) is 3. The van der Waals surface area contributed by atoms with Crippen molar-refractivity contribution in [2.24, 2.45) is 0 Å². The minimum atomic E-state index is -0.551. The van der Waals surface area contributed by atoms with Crippen molar-refractivity contribution >= 4 is 23.2 Å². The van der Waals surface area contributed by atoms with Crippen LogP contribution in [0.1, 0.15) is 24.2 Å². The molecule has 1 aromatic carbocycles. The van der Waals surface area contributed by atoms with Gasteiger partial charge < -0.3 is 4.90 Å². The standard InChI is InChI=1S/C14H18ClN3O3/c1-14(2)9-17(7-6-16(14)3)13(19)11-8-10(15)4-5-12(11)18(20)21/h4-5,8H,6-7,9H2,1-3H3. The van der Waals surface area contributed by atoms with E-state index < -0.39 is 4.92 Å². The number of carbonyl (C=O) groups excluding carboxylic acids is 1. The van der Waals surface area contributed by atoms with Gasteiger partial charge in [-0.3, -0.25) is 19.8 Å². The van der Waals surface area contributed by atoms with Gasteiger partial charge in [0.25, 0.3) is 11.6 Å². The lowest BCUT2D eigenvalue weighted by Crippen LogP contribution is -2.58. The zero-order valence-electron chi connectivity index (χ0n) is 12.3. The third-order valence-corrected chi connectivity index (χ3v) is 4.22. The summed E-state index contributed by atoms with van der Waals surface area (Å²) in [4.78, 5) is 27.0. The second-order valence-corrected chi connectivity index (χ2v) is 6.32. The largest absolute Gasteiger partial charge is 0.335 e. The molecule has 0 aliphatic carbocycles. The van der Waals surface area contributed by atoms with Crippen molar-refractivity contribution in [3.8, 4) is 0 Å². The summed E-state index contributed by atoms with van der Waals surface area (Å²) in [6, 6.07) is 4.06. The highest BCUT2D eigenvalue weighted by molar-refractivity contribution is 6.31. The quantitative estimate of drug-likeness (QED) is 0.621. The molecular weight excluding hydrogens is 294 g/mol. The molecule has 0 aromatic heterocycles. The molecular formula is C14H18ClN3O3. The summed E-state index contributed by atoms with van der Waals surface area (Å²) in [6.07, 6.45) is 0.